The molecule has 1 amide bonds. The molecule has 0 aromatic heterocycles. The van der Waals surface area contributed by atoms with Crippen molar-refractivity contribution < 1.29 is 4.79 Å². The van der Waals surface area contributed by atoms with Crippen LogP contribution in [0.4, 0.5) is 0 Å². The first kappa shape index (κ1) is 13.8. The highest BCUT2D eigenvalue weighted by molar-refractivity contribution is 5.84. The molecule has 0 saturated carbocycles. The van der Waals surface area contributed by atoms with E-state index in [1.165, 1.54) is 16.7 Å². The van der Waals surface area contributed by atoms with Crippen molar-refractivity contribution in [3.05, 3.63) is 41.0 Å². The molecule has 0 bridgehead atoms. The van der Waals surface area contributed by atoms with E-state index in [-0.39, 0.29) is 11.9 Å². The topological polar surface area (TPSA) is 32.3 Å². The fourth-order valence-electron chi connectivity index (χ4n) is 2.46. The van der Waals surface area contributed by atoms with Crippen molar-refractivity contribution in [2.45, 2.75) is 26.3 Å². The molecule has 1 aromatic rings. The number of rotatable bonds is 2. The van der Waals surface area contributed by atoms with Gasteiger partial charge in [0.25, 0.3) is 0 Å². The SMILES string of the molecule is C/C=C(/C)c1ccc2c(c1)CCNC2C(=O)N(C)C. The van der Waals surface area contributed by atoms with Gasteiger partial charge in [0.15, 0.2) is 0 Å². The number of allylic oxidation sites excluding steroid dienone is 2. The van der Waals surface area contributed by atoms with Crippen LogP contribution in [0.5, 0.6) is 0 Å². The Balaban J connectivity index is 2.39. The summed E-state index contributed by atoms with van der Waals surface area (Å²) in [4.78, 5) is 13.8. The normalized spacial score (nSPS) is 18.9. The second kappa shape index (κ2) is 5.57. The number of hydrogen-bond donors (Lipinski definition) is 1. The van der Waals surface area contributed by atoms with Crippen LogP contribution in [-0.4, -0.2) is 31.4 Å². The smallest absolute Gasteiger partial charge is 0.243 e. The van der Waals surface area contributed by atoms with Gasteiger partial charge in [-0.25, -0.2) is 0 Å². The van der Waals surface area contributed by atoms with Crippen molar-refractivity contribution in [1.29, 1.82) is 0 Å². The lowest BCUT2D eigenvalue weighted by atomic mass is 9.90. The molecule has 1 aromatic carbocycles. The predicted octanol–water partition coefficient (Wildman–Crippen LogP) is 2.38. The van der Waals surface area contributed by atoms with Gasteiger partial charge >= 0.3 is 0 Å². The summed E-state index contributed by atoms with van der Waals surface area (Å²) in [5.74, 6) is 0.122. The van der Waals surface area contributed by atoms with Crippen molar-refractivity contribution >= 4 is 11.5 Å². The number of nitrogens with zero attached hydrogens (tertiary/aromatic N) is 1. The molecular weight excluding hydrogens is 236 g/mol. The standard InChI is InChI=1S/C16H22N2O/c1-5-11(2)12-6-7-14-13(10-12)8-9-17-15(14)16(19)18(3)4/h5-7,10,15,17H,8-9H2,1-4H3/b11-5-. The number of hydrogen-bond acceptors (Lipinski definition) is 2. The zero-order valence-corrected chi connectivity index (χ0v) is 12.2. The number of amides is 1. The van der Waals surface area contributed by atoms with Crippen molar-refractivity contribution in [1.82, 2.24) is 10.2 Å². The first-order chi connectivity index (χ1) is 9.04. The molecule has 0 spiro atoms. The predicted molar refractivity (Wildman–Crippen MR) is 78.9 cm³/mol. The largest absolute Gasteiger partial charge is 0.347 e. The molecule has 19 heavy (non-hydrogen) atoms. The molecular formula is C16H22N2O. The van der Waals surface area contributed by atoms with E-state index < -0.39 is 0 Å². The van der Waals surface area contributed by atoms with E-state index in [1.54, 1.807) is 19.0 Å². The molecule has 0 fully saturated rings. The highest BCUT2D eigenvalue weighted by atomic mass is 16.2. The maximum Gasteiger partial charge on any atom is 0.243 e. The van der Waals surface area contributed by atoms with Crippen molar-refractivity contribution in [2.75, 3.05) is 20.6 Å². The molecule has 1 heterocycles. The summed E-state index contributed by atoms with van der Waals surface area (Å²) in [5, 5.41) is 3.31. The van der Waals surface area contributed by atoms with Crippen LogP contribution in [0.25, 0.3) is 5.57 Å². The molecule has 1 aliphatic rings. The third-order valence-corrected chi connectivity index (χ3v) is 3.77. The number of carbonyl (C=O) groups is 1. The lowest BCUT2D eigenvalue weighted by molar-refractivity contribution is -0.131. The van der Waals surface area contributed by atoms with Crippen LogP contribution in [0.2, 0.25) is 0 Å². The fraction of sp³-hybridized carbons (Fsp3) is 0.438. The molecule has 0 saturated heterocycles. The van der Waals surface area contributed by atoms with Gasteiger partial charge < -0.3 is 10.2 Å². The Morgan fingerprint density at radius 1 is 1.42 bits per heavy atom. The minimum Gasteiger partial charge on any atom is -0.347 e. The van der Waals surface area contributed by atoms with Crippen molar-refractivity contribution in [3.8, 4) is 0 Å². The van der Waals surface area contributed by atoms with E-state index in [9.17, 15) is 4.79 Å². The molecule has 0 aliphatic carbocycles. The van der Waals surface area contributed by atoms with Crippen LogP contribution in [0, 0.1) is 0 Å². The molecule has 0 radical (unpaired) electrons. The average Bonchev–Trinajstić information content (AvgIpc) is 2.44. The maximum absolute atomic E-state index is 12.2. The van der Waals surface area contributed by atoms with Gasteiger partial charge in [-0.15, -0.1) is 0 Å². The van der Waals surface area contributed by atoms with Crippen LogP contribution in [0.1, 0.15) is 36.6 Å². The average molecular weight is 258 g/mol. The summed E-state index contributed by atoms with van der Waals surface area (Å²) in [6, 6.07) is 6.23. The highest BCUT2D eigenvalue weighted by Crippen LogP contribution is 2.27. The Labute approximate surface area is 115 Å². The number of fused-ring (bicyclic) bond motifs is 1. The van der Waals surface area contributed by atoms with E-state index in [4.69, 9.17) is 0 Å². The van der Waals surface area contributed by atoms with E-state index in [0.717, 1.165) is 18.5 Å². The third-order valence-electron chi connectivity index (χ3n) is 3.77. The Morgan fingerprint density at radius 2 is 2.16 bits per heavy atom. The summed E-state index contributed by atoms with van der Waals surface area (Å²) in [6.07, 6.45) is 3.10. The van der Waals surface area contributed by atoms with E-state index in [2.05, 4.69) is 43.4 Å². The molecule has 3 nitrogen and oxygen atoms in total. The van der Waals surface area contributed by atoms with Crippen molar-refractivity contribution in [3.63, 3.8) is 0 Å². The molecule has 1 unspecified atom stereocenters. The first-order valence-corrected chi connectivity index (χ1v) is 6.75. The summed E-state index contributed by atoms with van der Waals surface area (Å²) >= 11 is 0. The van der Waals surface area contributed by atoms with Gasteiger partial charge in [-0.3, -0.25) is 4.79 Å². The van der Waals surface area contributed by atoms with Gasteiger partial charge in [0.1, 0.15) is 6.04 Å². The Kier molecular flexibility index (Phi) is 4.05. The van der Waals surface area contributed by atoms with E-state index in [0.29, 0.717) is 0 Å². The zero-order chi connectivity index (χ0) is 14.0. The van der Waals surface area contributed by atoms with Crippen LogP contribution >= 0.6 is 0 Å². The quantitative estimate of drug-likeness (QED) is 0.883. The molecule has 3 heteroatoms. The van der Waals surface area contributed by atoms with Gasteiger partial charge in [0.05, 0.1) is 0 Å². The molecule has 102 valence electrons. The molecule has 1 N–H and O–H groups in total. The number of carbonyl (C=O) groups excluding carboxylic acids is 1. The number of nitrogens with one attached hydrogen (secondary N) is 1. The minimum absolute atomic E-state index is 0.122. The Bertz CT molecular complexity index is 517. The summed E-state index contributed by atoms with van der Waals surface area (Å²) < 4.78 is 0. The van der Waals surface area contributed by atoms with E-state index in [1.807, 2.05) is 0 Å². The highest BCUT2D eigenvalue weighted by Gasteiger charge is 2.27. The lowest BCUT2D eigenvalue weighted by Gasteiger charge is -2.28. The van der Waals surface area contributed by atoms with Gasteiger partial charge in [0.2, 0.25) is 5.91 Å². The van der Waals surface area contributed by atoms with Gasteiger partial charge in [-0.2, -0.15) is 0 Å². The minimum atomic E-state index is -0.196. The number of benzene rings is 1. The van der Waals surface area contributed by atoms with Crippen molar-refractivity contribution in [2.24, 2.45) is 0 Å². The van der Waals surface area contributed by atoms with Gasteiger partial charge in [-0.1, -0.05) is 24.3 Å². The van der Waals surface area contributed by atoms with Crippen LogP contribution in [0.3, 0.4) is 0 Å². The molecule has 1 atom stereocenters. The second-order valence-electron chi connectivity index (χ2n) is 5.26. The number of likely N-dealkylation sites (N-methyl/N-ethyl adjacent to an activating group) is 1. The zero-order valence-electron chi connectivity index (χ0n) is 12.2. The van der Waals surface area contributed by atoms with Crippen LogP contribution < -0.4 is 5.32 Å². The Morgan fingerprint density at radius 3 is 2.79 bits per heavy atom. The third kappa shape index (κ3) is 2.71. The molecule has 1 aliphatic heterocycles. The Hall–Kier alpha value is -1.61. The monoisotopic (exact) mass is 258 g/mol. The second-order valence-corrected chi connectivity index (χ2v) is 5.26. The molecule has 2 rings (SSSR count). The van der Waals surface area contributed by atoms with Crippen LogP contribution in [-0.2, 0) is 11.2 Å². The summed E-state index contributed by atoms with van der Waals surface area (Å²) in [6.45, 7) is 5.02. The first-order valence-electron chi connectivity index (χ1n) is 6.75. The lowest BCUT2D eigenvalue weighted by Crippen LogP contribution is -2.40. The van der Waals surface area contributed by atoms with Crippen LogP contribution in [0.15, 0.2) is 24.3 Å². The van der Waals surface area contributed by atoms with Gasteiger partial charge in [0, 0.05) is 20.6 Å². The fourth-order valence-corrected chi connectivity index (χ4v) is 2.46. The summed E-state index contributed by atoms with van der Waals surface area (Å²) in [5.41, 5.74) is 4.94. The van der Waals surface area contributed by atoms with Gasteiger partial charge in [-0.05, 0) is 42.5 Å². The maximum atomic E-state index is 12.2. The van der Waals surface area contributed by atoms with E-state index >= 15 is 0 Å². The summed E-state index contributed by atoms with van der Waals surface area (Å²) in [7, 11) is 3.60.